The minimum Gasteiger partial charge on any atom is -0.351 e. The van der Waals surface area contributed by atoms with Crippen molar-refractivity contribution in [1.82, 2.24) is 14.9 Å². The van der Waals surface area contributed by atoms with E-state index in [0.29, 0.717) is 5.11 Å². The first kappa shape index (κ1) is 23.6. The summed E-state index contributed by atoms with van der Waals surface area (Å²) in [5.74, 6) is 0. The lowest BCUT2D eigenvalue weighted by atomic mass is 9.96. The van der Waals surface area contributed by atoms with Gasteiger partial charge in [-0.1, -0.05) is 29.8 Å². The number of aryl methyl sites for hydroxylation is 3. The van der Waals surface area contributed by atoms with E-state index in [1.165, 1.54) is 22.4 Å². The topological polar surface area (TPSA) is 33.1 Å². The number of anilines is 1. The monoisotopic (exact) mass is 500 g/mol. The molecule has 2 aromatic carbocycles. The molecule has 2 atom stereocenters. The highest BCUT2D eigenvalue weighted by molar-refractivity contribution is 7.80. The van der Waals surface area contributed by atoms with Crippen LogP contribution in [0.2, 0.25) is 5.02 Å². The maximum absolute atomic E-state index is 6.50. The molecule has 1 aliphatic rings. The van der Waals surface area contributed by atoms with Gasteiger partial charge in [-0.05, 0) is 112 Å². The van der Waals surface area contributed by atoms with E-state index >= 15 is 0 Å². The van der Waals surface area contributed by atoms with Gasteiger partial charge in [0.05, 0.1) is 17.8 Å². The van der Waals surface area contributed by atoms with Gasteiger partial charge in [0.25, 0.3) is 0 Å². The molecule has 0 amide bonds. The van der Waals surface area contributed by atoms with E-state index < -0.39 is 0 Å². The first-order chi connectivity index (χ1) is 16.8. The Morgan fingerprint density at radius 2 is 1.66 bits per heavy atom. The van der Waals surface area contributed by atoms with E-state index in [2.05, 4.69) is 85.8 Å². The Morgan fingerprint density at radius 3 is 2.34 bits per heavy atom. The summed E-state index contributed by atoms with van der Waals surface area (Å²) in [5, 5.41) is 5.06. The summed E-state index contributed by atoms with van der Waals surface area (Å²) in [7, 11) is 0. The van der Waals surface area contributed by atoms with Crippen molar-refractivity contribution in [3.05, 3.63) is 111 Å². The molecule has 4 nitrogen and oxygen atoms in total. The van der Waals surface area contributed by atoms with Crippen LogP contribution in [0.5, 0.6) is 0 Å². The highest BCUT2D eigenvalue weighted by atomic mass is 35.5. The zero-order valence-electron chi connectivity index (χ0n) is 20.6. The molecule has 0 spiro atoms. The second kappa shape index (κ2) is 9.14. The van der Waals surface area contributed by atoms with Gasteiger partial charge in [-0.25, -0.2) is 0 Å². The Kier molecular flexibility index (Phi) is 6.16. The Hall–Kier alpha value is -3.15. The second-order valence-corrected chi connectivity index (χ2v) is 10.2. The molecule has 0 bridgehead atoms. The smallest absolute Gasteiger partial charge is 0.174 e. The van der Waals surface area contributed by atoms with Gasteiger partial charge in [0.2, 0.25) is 0 Å². The van der Waals surface area contributed by atoms with Crippen molar-refractivity contribution in [2.75, 3.05) is 4.90 Å². The van der Waals surface area contributed by atoms with Crippen molar-refractivity contribution in [3.63, 3.8) is 0 Å². The molecule has 0 radical (unpaired) electrons. The fourth-order valence-corrected chi connectivity index (χ4v) is 5.85. The molecule has 1 fully saturated rings. The van der Waals surface area contributed by atoms with Crippen LogP contribution in [-0.4, -0.2) is 14.7 Å². The predicted molar refractivity (Wildman–Crippen MR) is 149 cm³/mol. The number of hydrogen-bond donors (Lipinski definition) is 1. The predicted octanol–water partition coefficient (Wildman–Crippen LogP) is 7.24. The fourth-order valence-electron chi connectivity index (χ4n) is 5.33. The molecule has 0 unspecified atom stereocenters. The van der Waals surface area contributed by atoms with E-state index in [-0.39, 0.29) is 12.1 Å². The van der Waals surface area contributed by atoms with E-state index in [1.54, 1.807) is 0 Å². The van der Waals surface area contributed by atoms with Crippen molar-refractivity contribution >= 4 is 34.6 Å². The molecular weight excluding hydrogens is 472 g/mol. The highest BCUT2D eigenvalue weighted by Crippen LogP contribution is 2.44. The Labute approximate surface area is 217 Å². The Bertz CT molecular complexity index is 1410. The molecule has 178 valence electrons. The van der Waals surface area contributed by atoms with Gasteiger partial charge in [0.1, 0.15) is 0 Å². The number of nitrogens with zero attached hydrogens (tertiary/aromatic N) is 3. The number of thiocarbonyl (C=S) groups is 1. The average molecular weight is 501 g/mol. The number of benzene rings is 2. The molecule has 0 aliphatic carbocycles. The van der Waals surface area contributed by atoms with E-state index in [0.717, 1.165) is 33.3 Å². The van der Waals surface area contributed by atoms with Gasteiger partial charge < -0.3 is 14.8 Å². The van der Waals surface area contributed by atoms with Gasteiger partial charge in [0.15, 0.2) is 5.11 Å². The van der Waals surface area contributed by atoms with Crippen molar-refractivity contribution in [3.8, 4) is 5.69 Å². The highest BCUT2D eigenvalue weighted by Gasteiger charge is 2.42. The summed E-state index contributed by atoms with van der Waals surface area (Å²) in [6, 6.07) is 20.8. The van der Waals surface area contributed by atoms with E-state index in [4.69, 9.17) is 28.8 Å². The summed E-state index contributed by atoms with van der Waals surface area (Å²) in [4.78, 5) is 6.96. The lowest BCUT2D eigenvalue weighted by molar-refractivity contribution is 0.565. The van der Waals surface area contributed by atoms with Crippen LogP contribution < -0.4 is 10.2 Å². The van der Waals surface area contributed by atoms with Crippen LogP contribution >= 0.6 is 23.8 Å². The number of nitrogens with one attached hydrogen (secondary N) is 1. The number of aromatic nitrogens is 2. The van der Waals surface area contributed by atoms with E-state index in [9.17, 15) is 0 Å². The summed E-state index contributed by atoms with van der Waals surface area (Å²) >= 11 is 12.4. The molecule has 1 aliphatic heterocycles. The summed E-state index contributed by atoms with van der Waals surface area (Å²) < 4.78 is 2.30. The zero-order valence-corrected chi connectivity index (χ0v) is 22.2. The minimum absolute atomic E-state index is 0.0574. The van der Waals surface area contributed by atoms with Crippen LogP contribution in [0.25, 0.3) is 5.69 Å². The maximum Gasteiger partial charge on any atom is 0.174 e. The molecule has 35 heavy (non-hydrogen) atoms. The fraction of sp³-hybridized carbons (Fsp3) is 0.241. The van der Waals surface area contributed by atoms with Crippen LogP contribution in [0.4, 0.5) is 5.69 Å². The van der Waals surface area contributed by atoms with E-state index in [1.807, 2.05) is 30.5 Å². The van der Waals surface area contributed by atoms with Gasteiger partial charge in [-0.15, -0.1) is 0 Å². The van der Waals surface area contributed by atoms with Crippen LogP contribution in [-0.2, 0) is 0 Å². The molecule has 6 heteroatoms. The molecule has 0 saturated carbocycles. The molecular formula is C29H29ClN4S. The van der Waals surface area contributed by atoms with Crippen LogP contribution in [0.15, 0.2) is 66.9 Å². The number of rotatable bonds is 4. The molecule has 3 heterocycles. The second-order valence-electron chi connectivity index (χ2n) is 9.39. The normalized spacial score (nSPS) is 17.7. The molecule has 2 aromatic heterocycles. The number of hydrogen-bond acceptors (Lipinski definition) is 2. The van der Waals surface area contributed by atoms with Crippen molar-refractivity contribution in [2.24, 2.45) is 0 Å². The van der Waals surface area contributed by atoms with Crippen molar-refractivity contribution in [2.45, 2.75) is 46.7 Å². The van der Waals surface area contributed by atoms with Crippen LogP contribution in [0.1, 0.15) is 51.4 Å². The van der Waals surface area contributed by atoms with Crippen molar-refractivity contribution < 1.29 is 0 Å². The lowest BCUT2D eigenvalue weighted by Gasteiger charge is -2.29. The Balaban J connectivity index is 1.72. The standard InChI is InChI=1S/C29H29ClN4S/c1-17-13-18(2)15-22(14-17)34-28(27(32-29(34)35)25-10-6-7-12-31-25)23-16-19(3)33(21(23)5)26-11-8-9-24(30)20(26)4/h6-16,27-28H,1-5H3,(H,32,35)/t27-,28-/m1/s1. The zero-order chi connectivity index (χ0) is 24.9. The van der Waals surface area contributed by atoms with Crippen molar-refractivity contribution in [1.29, 1.82) is 0 Å². The summed E-state index contributed by atoms with van der Waals surface area (Å²) in [6.07, 6.45) is 1.84. The first-order valence-corrected chi connectivity index (χ1v) is 12.6. The third-order valence-electron chi connectivity index (χ3n) is 6.85. The number of halogens is 1. The maximum atomic E-state index is 6.50. The summed E-state index contributed by atoms with van der Waals surface area (Å²) in [5.41, 5.74) is 10.2. The largest absolute Gasteiger partial charge is 0.351 e. The molecule has 1 N–H and O–H groups in total. The average Bonchev–Trinajstić information content (AvgIpc) is 3.31. The summed E-state index contributed by atoms with van der Waals surface area (Å²) in [6.45, 7) is 10.7. The third kappa shape index (κ3) is 4.13. The van der Waals surface area contributed by atoms with Gasteiger partial charge >= 0.3 is 0 Å². The van der Waals surface area contributed by atoms with Gasteiger partial charge in [-0.2, -0.15) is 0 Å². The van der Waals surface area contributed by atoms with Crippen LogP contribution in [0.3, 0.4) is 0 Å². The quantitative estimate of drug-likeness (QED) is 0.299. The molecule has 5 rings (SSSR count). The Morgan fingerprint density at radius 1 is 0.914 bits per heavy atom. The SMILES string of the molecule is Cc1cc(C)cc(N2C(=S)N[C@H](c3ccccn3)[C@H]2c2cc(C)n(-c3cccc(Cl)c3C)c2C)c1. The first-order valence-electron chi connectivity index (χ1n) is 11.8. The number of pyridine rings is 1. The van der Waals surface area contributed by atoms with Crippen LogP contribution in [0, 0.1) is 34.6 Å². The minimum atomic E-state index is -0.0843. The van der Waals surface area contributed by atoms with Gasteiger partial charge in [-0.3, -0.25) is 4.98 Å². The third-order valence-corrected chi connectivity index (χ3v) is 7.58. The van der Waals surface area contributed by atoms with Gasteiger partial charge in [0, 0.05) is 34.0 Å². The lowest BCUT2D eigenvalue weighted by Crippen LogP contribution is -2.29. The molecule has 4 aromatic rings. The molecule has 1 saturated heterocycles.